The summed E-state index contributed by atoms with van der Waals surface area (Å²) in [6.07, 6.45) is 0. The molecule has 0 radical (unpaired) electrons. The number of benzene rings is 1. The largest absolute Gasteiger partial charge is 0.506 e. The van der Waals surface area contributed by atoms with Gasteiger partial charge in [-0.2, -0.15) is 5.10 Å². The summed E-state index contributed by atoms with van der Waals surface area (Å²) in [5.41, 5.74) is 2.29. The molecule has 0 aliphatic heterocycles. The molecule has 2 heterocycles. The number of rotatable bonds is 4. The highest BCUT2D eigenvalue weighted by Gasteiger charge is 2.17. The maximum absolute atomic E-state index is 12.5. The Kier molecular flexibility index (Phi) is 4.32. The van der Waals surface area contributed by atoms with Crippen LogP contribution in [0.5, 0.6) is 5.75 Å². The van der Waals surface area contributed by atoms with Crippen molar-refractivity contribution in [2.75, 3.05) is 5.32 Å². The topological polar surface area (TPSA) is 67.2 Å². The second-order valence-electron chi connectivity index (χ2n) is 6.47. The first-order chi connectivity index (χ1) is 11.3. The van der Waals surface area contributed by atoms with E-state index in [0.29, 0.717) is 16.5 Å². The van der Waals surface area contributed by atoms with E-state index < -0.39 is 0 Å². The lowest BCUT2D eigenvalue weighted by molar-refractivity contribution is 0.103. The van der Waals surface area contributed by atoms with Gasteiger partial charge in [0, 0.05) is 11.9 Å². The minimum atomic E-state index is -0.217. The summed E-state index contributed by atoms with van der Waals surface area (Å²) in [7, 11) is 0. The predicted octanol–water partition coefficient (Wildman–Crippen LogP) is 4.33. The summed E-state index contributed by atoms with van der Waals surface area (Å²) >= 11 is 1.43. The van der Waals surface area contributed by atoms with Gasteiger partial charge in [-0.1, -0.05) is 19.9 Å². The lowest BCUT2D eigenvalue weighted by atomic mass is 10.2. The minimum Gasteiger partial charge on any atom is -0.506 e. The summed E-state index contributed by atoms with van der Waals surface area (Å²) in [6.45, 7) is 8.96. The fourth-order valence-corrected chi connectivity index (χ4v) is 3.69. The van der Waals surface area contributed by atoms with E-state index in [4.69, 9.17) is 0 Å². The number of hydrogen-bond donors (Lipinski definition) is 2. The molecule has 0 aliphatic carbocycles. The van der Waals surface area contributed by atoms with Gasteiger partial charge in [0.25, 0.3) is 5.91 Å². The first-order valence-electron chi connectivity index (χ1n) is 7.93. The van der Waals surface area contributed by atoms with Crippen molar-refractivity contribution in [1.29, 1.82) is 0 Å². The SMILES string of the molecule is Cc1ccc(NC(=O)c2cc3c(C)nn(CC(C)C)c3s2)c(O)c1. The van der Waals surface area contributed by atoms with Crippen molar-refractivity contribution in [3.8, 4) is 5.75 Å². The summed E-state index contributed by atoms with van der Waals surface area (Å²) in [4.78, 5) is 14.1. The van der Waals surface area contributed by atoms with Crippen LogP contribution in [0.4, 0.5) is 5.69 Å². The number of amides is 1. The molecule has 0 fully saturated rings. The van der Waals surface area contributed by atoms with Gasteiger partial charge in [0.15, 0.2) is 0 Å². The van der Waals surface area contributed by atoms with Gasteiger partial charge in [0.1, 0.15) is 10.6 Å². The first-order valence-corrected chi connectivity index (χ1v) is 8.74. The molecular formula is C18H21N3O2S. The van der Waals surface area contributed by atoms with Gasteiger partial charge >= 0.3 is 0 Å². The summed E-state index contributed by atoms with van der Waals surface area (Å²) in [6, 6.07) is 7.07. The van der Waals surface area contributed by atoms with Crippen molar-refractivity contribution in [2.45, 2.75) is 34.2 Å². The van der Waals surface area contributed by atoms with E-state index in [-0.39, 0.29) is 11.7 Å². The molecular weight excluding hydrogens is 322 g/mol. The van der Waals surface area contributed by atoms with Crippen molar-refractivity contribution in [3.05, 3.63) is 40.4 Å². The van der Waals surface area contributed by atoms with Crippen LogP contribution in [0.25, 0.3) is 10.2 Å². The van der Waals surface area contributed by atoms with Crippen molar-refractivity contribution in [3.63, 3.8) is 0 Å². The molecule has 2 N–H and O–H groups in total. The quantitative estimate of drug-likeness (QED) is 0.693. The predicted molar refractivity (Wildman–Crippen MR) is 98.0 cm³/mol. The molecule has 6 heteroatoms. The molecule has 2 aromatic heterocycles. The van der Waals surface area contributed by atoms with Crippen LogP contribution >= 0.6 is 11.3 Å². The average molecular weight is 343 g/mol. The van der Waals surface area contributed by atoms with Crippen molar-refractivity contribution < 1.29 is 9.90 Å². The van der Waals surface area contributed by atoms with E-state index in [1.165, 1.54) is 11.3 Å². The van der Waals surface area contributed by atoms with Crippen LogP contribution in [-0.2, 0) is 6.54 Å². The van der Waals surface area contributed by atoms with Gasteiger partial charge in [0.05, 0.1) is 16.3 Å². The van der Waals surface area contributed by atoms with Crippen LogP contribution in [-0.4, -0.2) is 20.8 Å². The summed E-state index contributed by atoms with van der Waals surface area (Å²) in [5, 5.41) is 18.3. The van der Waals surface area contributed by atoms with Gasteiger partial charge in [-0.05, 0) is 43.5 Å². The van der Waals surface area contributed by atoms with Crippen LogP contribution in [0.2, 0.25) is 0 Å². The number of aromatic nitrogens is 2. The van der Waals surface area contributed by atoms with Crippen LogP contribution < -0.4 is 5.32 Å². The third-order valence-corrected chi connectivity index (χ3v) is 4.92. The van der Waals surface area contributed by atoms with E-state index >= 15 is 0 Å². The van der Waals surface area contributed by atoms with Gasteiger partial charge in [-0.25, -0.2) is 0 Å². The molecule has 3 aromatic rings. The van der Waals surface area contributed by atoms with E-state index in [9.17, 15) is 9.90 Å². The number of aryl methyl sites for hydroxylation is 2. The van der Waals surface area contributed by atoms with Gasteiger partial charge in [-0.3, -0.25) is 9.48 Å². The van der Waals surface area contributed by atoms with E-state index in [1.54, 1.807) is 12.1 Å². The number of phenols is 1. The molecule has 1 amide bonds. The van der Waals surface area contributed by atoms with Gasteiger partial charge in [-0.15, -0.1) is 11.3 Å². The number of nitrogens with zero attached hydrogens (tertiary/aromatic N) is 2. The zero-order valence-electron chi connectivity index (χ0n) is 14.3. The smallest absolute Gasteiger partial charge is 0.265 e. The minimum absolute atomic E-state index is 0.0756. The Morgan fingerprint density at radius 1 is 1.33 bits per heavy atom. The first kappa shape index (κ1) is 16.5. The van der Waals surface area contributed by atoms with Crippen LogP contribution in [0.3, 0.4) is 0 Å². The number of thiophene rings is 1. The highest BCUT2D eigenvalue weighted by atomic mass is 32.1. The van der Waals surface area contributed by atoms with E-state index in [0.717, 1.165) is 28.0 Å². The average Bonchev–Trinajstić information content (AvgIpc) is 3.04. The molecule has 0 unspecified atom stereocenters. The molecule has 24 heavy (non-hydrogen) atoms. The van der Waals surface area contributed by atoms with Crippen LogP contribution in [0.1, 0.15) is 34.8 Å². The lowest BCUT2D eigenvalue weighted by Crippen LogP contribution is -2.10. The van der Waals surface area contributed by atoms with Gasteiger partial charge in [0.2, 0.25) is 0 Å². The Morgan fingerprint density at radius 2 is 2.08 bits per heavy atom. The monoisotopic (exact) mass is 343 g/mol. The van der Waals surface area contributed by atoms with Gasteiger partial charge < -0.3 is 10.4 Å². The number of hydrogen-bond acceptors (Lipinski definition) is 4. The maximum atomic E-state index is 12.5. The second kappa shape index (κ2) is 6.28. The molecule has 0 bridgehead atoms. The van der Waals surface area contributed by atoms with E-state index in [1.807, 2.05) is 30.7 Å². The zero-order chi connectivity index (χ0) is 17.4. The van der Waals surface area contributed by atoms with Crippen LogP contribution in [0, 0.1) is 19.8 Å². The Balaban J connectivity index is 1.90. The molecule has 3 rings (SSSR count). The number of carbonyl (C=O) groups is 1. The van der Waals surface area contributed by atoms with E-state index in [2.05, 4.69) is 24.3 Å². The number of carbonyl (C=O) groups excluding carboxylic acids is 1. The molecule has 0 saturated heterocycles. The maximum Gasteiger partial charge on any atom is 0.265 e. The molecule has 0 spiro atoms. The highest BCUT2D eigenvalue weighted by molar-refractivity contribution is 7.20. The molecule has 1 aromatic carbocycles. The molecule has 0 saturated carbocycles. The molecule has 0 atom stereocenters. The second-order valence-corrected chi connectivity index (χ2v) is 7.50. The number of nitrogens with one attached hydrogen (secondary N) is 1. The number of phenolic OH excluding ortho intramolecular Hbond substituents is 1. The number of anilines is 1. The Bertz CT molecular complexity index is 909. The van der Waals surface area contributed by atoms with Crippen molar-refractivity contribution in [1.82, 2.24) is 9.78 Å². The van der Waals surface area contributed by atoms with Crippen LogP contribution in [0.15, 0.2) is 24.3 Å². The summed E-state index contributed by atoms with van der Waals surface area (Å²) in [5.74, 6) is 0.342. The zero-order valence-corrected chi connectivity index (χ0v) is 15.1. The fraction of sp³-hybridized carbons (Fsp3) is 0.333. The van der Waals surface area contributed by atoms with Crippen molar-refractivity contribution >= 4 is 33.1 Å². The normalized spacial score (nSPS) is 11.4. The Morgan fingerprint density at radius 3 is 2.75 bits per heavy atom. The third-order valence-electron chi connectivity index (χ3n) is 3.77. The standard InChI is InChI=1S/C18H21N3O2S/c1-10(2)9-21-18-13(12(4)20-21)8-16(24-18)17(23)19-14-6-5-11(3)7-15(14)22/h5-8,10,22H,9H2,1-4H3,(H,19,23). The van der Waals surface area contributed by atoms with Crippen molar-refractivity contribution in [2.24, 2.45) is 5.92 Å². The summed E-state index contributed by atoms with van der Waals surface area (Å²) < 4.78 is 1.97. The number of aromatic hydroxyl groups is 1. The Hall–Kier alpha value is -2.34. The third kappa shape index (κ3) is 3.14. The fourth-order valence-electron chi connectivity index (χ4n) is 2.63. The Labute approximate surface area is 144 Å². The molecule has 126 valence electrons. The molecule has 0 aliphatic rings. The number of fused-ring (bicyclic) bond motifs is 1. The lowest BCUT2D eigenvalue weighted by Gasteiger charge is -2.07. The molecule has 5 nitrogen and oxygen atoms in total. The highest BCUT2D eigenvalue weighted by Crippen LogP contribution is 2.30.